The van der Waals surface area contributed by atoms with E-state index in [2.05, 4.69) is 33.9 Å². The minimum absolute atomic E-state index is 0.134. The number of esters is 1. The molecular formula is C14H28O3Si. The molecule has 0 rings (SSSR count). The van der Waals surface area contributed by atoms with Gasteiger partial charge < -0.3 is 9.16 Å². The van der Waals surface area contributed by atoms with Gasteiger partial charge in [-0.3, -0.25) is 0 Å². The van der Waals surface area contributed by atoms with Crippen LogP contribution >= 0.6 is 0 Å². The highest BCUT2D eigenvalue weighted by Crippen LogP contribution is 2.38. The maximum absolute atomic E-state index is 11.8. The van der Waals surface area contributed by atoms with Gasteiger partial charge in [0.05, 0.1) is 18.3 Å². The molecule has 0 radical (unpaired) electrons. The van der Waals surface area contributed by atoms with E-state index in [0.717, 1.165) is 0 Å². The molecule has 0 aromatic rings. The number of hydrogen-bond donors (Lipinski definition) is 0. The Morgan fingerprint density at radius 1 is 1.33 bits per heavy atom. The lowest BCUT2D eigenvalue weighted by atomic mass is 10.1. The van der Waals surface area contributed by atoms with Gasteiger partial charge in [0.25, 0.3) is 0 Å². The first-order valence-electron chi connectivity index (χ1n) is 6.58. The van der Waals surface area contributed by atoms with Crippen LogP contribution in [-0.2, 0) is 14.0 Å². The van der Waals surface area contributed by atoms with Crippen LogP contribution in [-0.4, -0.2) is 27.0 Å². The quantitative estimate of drug-likeness (QED) is 0.432. The van der Waals surface area contributed by atoms with E-state index in [-0.39, 0.29) is 17.1 Å². The number of allylic oxidation sites excluding steroid dienone is 1. The van der Waals surface area contributed by atoms with E-state index in [0.29, 0.717) is 12.2 Å². The molecule has 0 N–H and O–H groups in total. The Morgan fingerprint density at radius 2 is 1.83 bits per heavy atom. The molecule has 0 aliphatic heterocycles. The maximum atomic E-state index is 11.8. The molecule has 106 valence electrons. The first-order chi connectivity index (χ1) is 8.06. The second-order valence-corrected chi connectivity index (χ2v) is 10.7. The molecule has 0 amide bonds. The second-order valence-electron chi connectivity index (χ2n) is 5.98. The Balaban J connectivity index is 4.85. The van der Waals surface area contributed by atoms with Crippen LogP contribution in [0.4, 0.5) is 0 Å². The Bertz CT molecular complexity index is 313. The van der Waals surface area contributed by atoms with Crippen molar-refractivity contribution in [2.24, 2.45) is 0 Å². The molecule has 0 saturated carbocycles. The average molecular weight is 272 g/mol. The van der Waals surface area contributed by atoms with Gasteiger partial charge in [-0.15, -0.1) is 0 Å². The zero-order valence-electron chi connectivity index (χ0n) is 13.1. The molecular weight excluding hydrogens is 244 g/mol. The first-order valence-corrected chi connectivity index (χ1v) is 9.48. The van der Waals surface area contributed by atoms with E-state index < -0.39 is 8.32 Å². The molecule has 0 bridgehead atoms. The monoisotopic (exact) mass is 272 g/mol. The topological polar surface area (TPSA) is 35.5 Å². The lowest BCUT2D eigenvalue weighted by Gasteiger charge is -2.38. The lowest BCUT2D eigenvalue weighted by molar-refractivity contribution is -0.139. The van der Waals surface area contributed by atoms with Crippen LogP contribution in [0.2, 0.25) is 18.1 Å². The van der Waals surface area contributed by atoms with E-state index in [4.69, 9.17) is 9.16 Å². The molecule has 0 heterocycles. The summed E-state index contributed by atoms with van der Waals surface area (Å²) in [5, 5.41) is 0.134. The summed E-state index contributed by atoms with van der Waals surface area (Å²) in [5.74, 6) is -0.272. The van der Waals surface area contributed by atoms with Crippen molar-refractivity contribution in [1.29, 1.82) is 0 Å². The fourth-order valence-corrected chi connectivity index (χ4v) is 2.78. The Morgan fingerprint density at radius 3 is 2.17 bits per heavy atom. The van der Waals surface area contributed by atoms with Gasteiger partial charge in [0.15, 0.2) is 8.32 Å². The highest BCUT2D eigenvalue weighted by atomic mass is 28.4. The summed E-state index contributed by atoms with van der Waals surface area (Å²) in [5.41, 5.74) is 0.613. The van der Waals surface area contributed by atoms with Crippen LogP contribution in [0.5, 0.6) is 0 Å². The molecule has 3 nitrogen and oxygen atoms in total. The van der Waals surface area contributed by atoms with Gasteiger partial charge >= 0.3 is 5.97 Å². The van der Waals surface area contributed by atoms with Crippen molar-refractivity contribution >= 4 is 14.3 Å². The Labute approximate surface area is 113 Å². The smallest absolute Gasteiger partial charge is 0.336 e. The van der Waals surface area contributed by atoms with Crippen molar-refractivity contribution < 1.29 is 14.0 Å². The fraction of sp³-hybridized carbons (Fsp3) is 0.786. The van der Waals surface area contributed by atoms with Crippen molar-refractivity contribution in [3.8, 4) is 0 Å². The SMILES string of the molecule is C/C=C(\C(=O)OCC)C(C)O[Si](C)(C)C(C)(C)C. The fourth-order valence-electron chi connectivity index (χ4n) is 1.42. The van der Waals surface area contributed by atoms with Gasteiger partial charge in [-0.25, -0.2) is 4.79 Å². The van der Waals surface area contributed by atoms with Gasteiger partial charge in [0.1, 0.15) is 0 Å². The highest BCUT2D eigenvalue weighted by Gasteiger charge is 2.39. The third-order valence-electron chi connectivity index (χ3n) is 3.54. The summed E-state index contributed by atoms with van der Waals surface area (Å²) in [6.07, 6.45) is 1.57. The number of ether oxygens (including phenoxy) is 1. The van der Waals surface area contributed by atoms with Crippen LogP contribution in [0.15, 0.2) is 11.6 Å². The van der Waals surface area contributed by atoms with E-state index in [1.54, 1.807) is 6.08 Å². The van der Waals surface area contributed by atoms with Crippen LogP contribution in [0.25, 0.3) is 0 Å². The van der Waals surface area contributed by atoms with Crippen molar-refractivity contribution in [1.82, 2.24) is 0 Å². The predicted octanol–water partition coefficient (Wildman–Crippen LogP) is 3.91. The molecule has 1 atom stereocenters. The number of carbonyl (C=O) groups excluding carboxylic acids is 1. The molecule has 18 heavy (non-hydrogen) atoms. The van der Waals surface area contributed by atoms with Crippen LogP contribution in [0, 0.1) is 0 Å². The van der Waals surface area contributed by atoms with Crippen molar-refractivity contribution in [2.45, 2.75) is 65.8 Å². The van der Waals surface area contributed by atoms with Gasteiger partial charge in [0, 0.05) is 0 Å². The van der Waals surface area contributed by atoms with E-state index in [1.807, 2.05) is 20.8 Å². The van der Waals surface area contributed by atoms with Gasteiger partial charge in [-0.2, -0.15) is 0 Å². The predicted molar refractivity (Wildman–Crippen MR) is 78.1 cm³/mol. The number of hydrogen-bond acceptors (Lipinski definition) is 3. The zero-order chi connectivity index (χ0) is 14.6. The van der Waals surface area contributed by atoms with E-state index >= 15 is 0 Å². The minimum atomic E-state index is -1.86. The molecule has 4 heteroatoms. The molecule has 0 fully saturated rings. The lowest BCUT2D eigenvalue weighted by Crippen LogP contribution is -2.44. The molecule has 0 spiro atoms. The summed E-state index contributed by atoms with van der Waals surface area (Å²) >= 11 is 0. The standard InChI is InChI=1S/C14H28O3Si/c1-9-12(13(15)16-10-2)11(3)17-18(7,8)14(4,5)6/h9,11H,10H2,1-8H3/b12-9-. The molecule has 0 saturated heterocycles. The molecule has 0 aliphatic carbocycles. The molecule has 1 unspecified atom stereocenters. The van der Waals surface area contributed by atoms with Crippen molar-refractivity contribution in [2.75, 3.05) is 6.61 Å². The minimum Gasteiger partial charge on any atom is -0.463 e. The summed E-state index contributed by atoms with van der Waals surface area (Å²) in [6, 6.07) is 0. The summed E-state index contributed by atoms with van der Waals surface area (Å²) in [7, 11) is -1.86. The van der Waals surface area contributed by atoms with Crippen LogP contribution in [0.1, 0.15) is 41.5 Å². The second kappa shape index (κ2) is 6.52. The van der Waals surface area contributed by atoms with Crippen molar-refractivity contribution in [3.05, 3.63) is 11.6 Å². The summed E-state index contributed by atoms with van der Waals surface area (Å²) < 4.78 is 11.2. The third kappa shape index (κ3) is 4.57. The number of carbonyl (C=O) groups is 1. The van der Waals surface area contributed by atoms with Crippen molar-refractivity contribution in [3.63, 3.8) is 0 Å². The third-order valence-corrected chi connectivity index (χ3v) is 8.09. The normalized spacial score (nSPS) is 15.4. The first kappa shape index (κ1) is 17.4. The van der Waals surface area contributed by atoms with Crippen LogP contribution < -0.4 is 0 Å². The van der Waals surface area contributed by atoms with Gasteiger partial charge in [-0.05, 0) is 38.9 Å². The van der Waals surface area contributed by atoms with Crippen LogP contribution in [0.3, 0.4) is 0 Å². The van der Waals surface area contributed by atoms with Gasteiger partial charge in [-0.1, -0.05) is 26.8 Å². The van der Waals surface area contributed by atoms with Gasteiger partial charge in [0.2, 0.25) is 0 Å². The molecule has 0 aliphatic rings. The van der Waals surface area contributed by atoms with E-state index in [9.17, 15) is 4.79 Å². The zero-order valence-corrected chi connectivity index (χ0v) is 14.1. The number of rotatable bonds is 5. The van der Waals surface area contributed by atoms with E-state index in [1.165, 1.54) is 0 Å². The highest BCUT2D eigenvalue weighted by molar-refractivity contribution is 6.74. The summed E-state index contributed by atoms with van der Waals surface area (Å²) in [6.45, 7) is 16.9. The molecule has 0 aromatic heterocycles. The molecule has 0 aromatic carbocycles. The summed E-state index contributed by atoms with van der Waals surface area (Å²) in [4.78, 5) is 11.8. The largest absolute Gasteiger partial charge is 0.463 e. The maximum Gasteiger partial charge on any atom is 0.336 e. The Hall–Kier alpha value is -0.613. The Kier molecular flexibility index (Phi) is 6.30. The average Bonchev–Trinajstić information content (AvgIpc) is 2.16.